The van der Waals surface area contributed by atoms with Gasteiger partial charge in [0.25, 0.3) is 5.91 Å². The molecule has 1 aliphatic carbocycles. The second-order valence-electron chi connectivity index (χ2n) is 15.7. The van der Waals surface area contributed by atoms with Gasteiger partial charge in [0.1, 0.15) is 18.0 Å². The smallest absolute Gasteiger partial charge is 0.264 e. The third-order valence-electron chi connectivity index (χ3n) is 12.5. The normalized spacial score (nSPS) is 32.4. The molecule has 12 heteroatoms. The number of ether oxygens (including phenoxy) is 3. The number of hydrogen-bond donors (Lipinski definition) is 1. The molecule has 284 valence electrons. The summed E-state index contributed by atoms with van der Waals surface area (Å²) in [5, 5.41) is -0.0647. The maximum atomic E-state index is 13.6. The summed E-state index contributed by atoms with van der Waals surface area (Å²) in [6.07, 6.45) is 9.87. The molecule has 2 saturated heterocycles. The number of rotatable bonds is 3. The molecule has 1 amide bonds. The first-order chi connectivity index (χ1) is 25.0. The number of amides is 1. The summed E-state index contributed by atoms with van der Waals surface area (Å²) in [6.45, 7) is 11.8. The van der Waals surface area contributed by atoms with Gasteiger partial charge in [0.05, 0.1) is 24.2 Å². The lowest BCUT2D eigenvalue weighted by Gasteiger charge is -2.53. The number of methoxy groups -OCH3 is 1. The summed E-state index contributed by atoms with van der Waals surface area (Å²) in [6, 6.07) is 11.7. The van der Waals surface area contributed by atoms with E-state index in [-0.39, 0.29) is 11.8 Å². The van der Waals surface area contributed by atoms with Crippen LogP contribution in [-0.2, 0) is 32.5 Å². The van der Waals surface area contributed by atoms with Gasteiger partial charge >= 0.3 is 0 Å². The van der Waals surface area contributed by atoms with Crippen LogP contribution in [0.3, 0.4) is 0 Å². The number of halogens is 1. The maximum absolute atomic E-state index is 13.6. The van der Waals surface area contributed by atoms with Crippen molar-refractivity contribution in [2.24, 2.45) is 17.8 Å². The fourth-order valence-corrected chi connectivity index (χ4v) is 10.4. The highest BCUT2D eigenvalue weighted by atomic mass is 35.5. The van der Waals surface area contributed by atoms with E-state index in [2.05, 4.69) is 31.6 Å². The van der Waals surface area contributed by atoms with Crippen molar-refractivity contribution < 1.29 is 27.4 Å². The second kappa shape index (κ2) is 16.0. The van der Waals surface area contributed by atoms with Crippen LogP contribution in [-0.4, -0.2) is 107 Å². The molecule has 6 atom stereocenters. The lowest BCUT2D eigenvalue weighted by atomic mass is 9.63. The van der Waals surface area contributed by atoms with Crippen molar-refractivity contribution >= 4 is 33.2 Å². The average Bonchev–Trinajstić information content (AvgIpc) is 3.15. The van der Waals surface area contributed by atoms with Crippen LogP contribution in [0, 0.1) is 17.8 Å². The van der Waals surface area contributed by atoms with Crippen molar-refractivity contribution in [2.75, 3.05) is 71.0 Å². The zero-order valence-corrected chi connectivity index (χ0v) is 32.5. The summed E-state index contributed by atoms with van der Waals surface area (Å²) in [7, 11) is -2.11. The molecule has 2 bridgehead atoms. The third kappa shape index (κ3) is 8.05. The number of carbonyl (C=O) groups is 1. The van der Waals surface area contributed by atoms with E-state index < -0.39 is 26.8 Å². The topological polar surface area (TPSA) is 101 Å². The Morgan fingerprint density at radius 3 is 2.69 bits per heavy atom. The molecule has 4 aliphatic heterocycles. The Bertz CT molecular complexity index is 1740. The summed E-state index contributed by atoms with van der Waals surface area (Å²) in [5.74, 6) is 0.436. The summed E-state index contributed by atoms with van der Waals surface area (Å²) in [5.41, 5.74) is 2.85. The molecule has 0 radical (unpaired) electrons. The van der Waals surface area contributed by atoms with Crippen molar-refractivity contribution in [1.29, 1.82) is 0 Å². The zero-order chi connectivity index (χ0) is 36.5. The number of nitrogens with zero attached hydrogens (tertiary/aromatic N) is 3. The zero-order valence-electron chi connectivity index (χ0n) is 30.9. The molecule has 2 aromatic rings. The Labute approximate surface area is 314 Å². The molecule has 0 unspecified atom stereocenters. The van der Waals surface area contributed by atoms with Crippen LogP contribution in [0.5, 0.6) is 5.75 Å². The molecule has 52 heavy (non-hydrogen) atoms. The van der Waals surface area contributed by atoms with Crippen molar-refractivity contribution in [1.82, 2.24) is 14.5 Å². The molecule has 3 fully saturated rings. The van der Waals surface area contributed by atoms with Crippen molar-refractivity contribution in [2.45, 2.75) is 75.9 Å². The highest BCUT2D eigenvalue weighted by Gasteiger charge is 2.49. The van der Waals surface area contributed by atoms with E-state index in [0.717, 1.165) is 107 Å². The number of hydrogen-bond acceptors (Lipinski definition) is 9. The predicted molar refractivity (Wildman–Crippen MR) is 205 cm³/mol. The molecular formula is C40H55ClN4O6S. The molecule has 0 spiro atoms. The Morgan fingerprint density at radius 2 is 1.88 bits per heavy atom. The van der Waals surface area contributed by atoms with Crippen LogP contribution in [0.4, 0.5) is 5.69 Å². The minimum Gasteiger partial charge on any atom is -0.487 e. The highest BCUT2D eigenvalue weighted by Crippen LogP contribution is 2.47. The van der Waals surface area contributed by atoms with Gasteiger partial charge in [-0.1, -0.05) is 36.7 Å². The van der Waals surface area contributed by atoms with Gasteiger partial charge in [-0.3, -0.25) is 14.6 Å². The van der Waals surface area contributed by atoms with Crippen LogP contribution in [0.25, 0.3) is 0 Å². The fraction of sp³-hybridized carbons (Fsp3) is 0.625. The minimum atomic E-state index is -3.96. The van der Waals surface area contributed by atoms with E-state index in [1.807, 2.05) is 44.4 Å². The van der Waals surface area contributed by atoms with E-state index in [9.17, 15) is 13.2 Å². The van der Waals surface area contributed by atoms with E-state index in [0.29, 0.717) is 36.3 Å². The standard InChI is InChI=1S/C40H55ClN4O6S/c1-28-7-6-15-40(49-3,27-43-17-18-44-19-20-50-26-35(44)24-43)36-13-10-32(36)23-45-16-5-4-8-30-21-34(41)12-9-33(30)25-51-38-14-11-31(22-37(38)45)39(46)42-52(47,48)29(28)2/h6,9,11-12,14-15,21-22,28-29,32,35-36H,4-5,7-8,10,13,16-20,23-27H2,1-3H3,(H,42,46)/b15-6+/t28-,29+,32-,35-,36+,40+/m0/s1. The van der Waals surface area contributed by atoms with Gasteiger partial charge in [0, 0.05) is 69.6 Å². The Kier molecular flexibility index (Phi) is 11.6. The van der Waals surface area contributed by atoms with Crippen molar-refractivity contribution in [3.8, 4) is 5.75 Å². The lowest BCUT2D eigenvalue weighted by molar-refractivity contribution is -0.108. The number of aryl methyl sites for hydroxylation is 1. The first-order valence-electron chi connectivity index (χ1n) is 19.2. The lowest BCUT2D eigenvalue weighted by Crippen LogP contribution is -2.62. The first kappa shape index (κ1) is 37.6. The fourth-order valence-electron chi connectivity index (χ4n) is 8.94. The quantitative estimate of drug-likeness (QED) is 0.406. The molecule has 0 aromatic heterocycles. The van der Waals surface area contributed by atoms with Gasteiger partial charge in [0.15, 0.2) is 0 Å². The number of benzene rings is 2. The molecule has 10 nitrogen and oxygen atoms in total. The Hall–Kier alpha value is -2.67. The largest absolute Gasteiger partial charge is 0.487 e. The Morgan fingerprint density at radius 1 is 1.02 bits per heavy atom. The van der Waals surface area contributed by atoms with Gasteiger partial charge in [-0.2, -0.15) is 0 Å². The molecule has 1 N–H and O–H groups in total. The van der Waals surface area contributed by atoms with E-state index in [4.69, 9.17) is 25.8 Å². The van der Waals surface area contributed by atoms with E-state index in [1.54, 1.807) is 13.0 Å². The second-order valence-corrected chi connectivity index (χ2v) is 18.2. The number of morpholine rings is 1. The third-order valence-corrected chi connectivity index (χ3v) is 14.7. The molecule has 7 rings (SSSR count). The molecular weight excluding hydrogens is 700 g/mol. The van der Waals surface area contributed by atoms with Crippen molar-refractivity contribution in [3.05, 3.63) is 70.3 Å². The maximum Gasteiger partial charge on any atom is 0.264 e. The number of allylic oxidation sites excluding steroid dienone is 1. The average molecular weight is 755 g/mol. The summed E-state index contributed by atoms with van der Waals surface area (Å²) < 4.78 is 48.7. The van der Waals surface area contributed by atoms with Gasteiger partial charge in [-0.05, 0) is 105 Å². The minimum absolute atomic E-state index is 0.224. The number of anilines is 1. The molecule has 2 aromatic carbocycles. The molecule has 5 aliphatic rings. The number of nitrogens with one attached hydrogen (secondary N) is 1. The van der Waals surface area contributed by atoms with Gasteiger partial charge in [-0.15, -0.1) is 0 Å². The first-order valence-corrected chi connectivity index (χ1v) is 21.1. The molecule has 1 saturated carbocycles. The van der Waals surface area contributed by atoms with Crippen LogP contribution in [0.2, 0.25) is 5.02 Å². The van der Waals surface area contributed by atoms with E-state index in [1.165, 1.54) is 5.56 Å². The SMILES string of the molecule is CO[C@@]1(CN2CCN3CCOC[C@@H]3C2)/C=C/C[C@H](C)[C@@H](C)S(=O)(=O)NC(=O)c2ccc3c(c2)N(CCCCc2cc(Cl)ccc2CO3)C[C@@H]2CC[C@H]21. The summed E-state index contributed by atoms with van der Waals surface area (Å²) in [4.78, 5) is 21.1. The Balaban J connectivity index is 1.25. The van der Waals surface area contributed by atoms with E-state index >= 15 is 0 Å². The van der Waals surface area contributed by atoms with Crippen LogP contribution in [0.15, 0.2) is 48.6 Å². The van der Waals surface area contributed by atoms with Crippen LogP contribution in [0.1, 0.15) is 67.4 Å². The monoisotopic (exact) mass is 754 g/mol. The predicted octanol–water partition coefficient (Wildman–Crippen LogP) is 5.53. The van der Waals surface area contributed by atoms with Crippen LogP contribution < -0.4 is 14.4 Å². The number of fused-ring (bicyclic) bond motifs is 4. The van der Waals surface area contributed by atoms with Gasteiger partial charge in [-0.25, -0.2) is 13.1 Å². The molecule has 4 heterocycles. The van der Waals surface area contributed by atoms with Gasteiger partial charge < -0.3 is 19.1 Å². The van der Waals surface area contributed by atoms with Crippen molar-refractivity contribution in [3.63, 3.8) is 0 Å². The summed E-state index contributed by atoms with van der Waals surface area (Å²) >= 11 is 6.41. The highest BCUT2D eigenvalue weighted by molar-refractivity contribution is 7.90. The number of carbonyl (C=O) groups excluding carboxylic acids is 1. The van der Waals surface area contributed by atoms with Crippen LogP contribution >= 0.6 is 11.6 Å². The number of sulfonamides is 1. The van der Waals surface area contributed by atoms with Gasteiger partial charge in [0.2, 0.25) is 10.0 Å². The number of piperazine rings is 1.